The van der Waals surface area contributed by atoms with E-state index < -0.39 is 15.6 Å². The molecule has 0 aliphatic carbocycles. The maximum atomic E-state index is 12.0. The van der Waals surface area contributed by atoms with Crippen molar-refractivity contribution in [2.24, 2.45) is 4.99 Å². The van der Waals surface area contributed by atoms with E-state index in [1.54, 1.807) is 11.4 Å². The molecule has 1 aliphatic rings. The Kier molecular flexibility index (Phi) is 4.13. The molecular formula is C16H23N5O2S. The van der Waals surface area contributed by atoms with Gasteiger partial charge in [-0.05, 0) is 31.5 Å². The first-order valence-corrected chi connectivity index (χ1v) is 9.69. The Bertz CT molecular complexity index is 885. The van der Waals surface area contributed by atoms with Gasteiger partial charge < -0.3 is 4.90 Å². The maximum absolute atomic E-state index is 12.0. The summed E-state index contributed by atoms with van der Waals surface area (Å²) in [5.41, 5.74) is 2.52. The number of nitrogens with one attached hydrogen (secondary N) is 1. The smallest absolute Gasteiger partial charge is 0.211 e. The monoisotopic (exact) mass is 349 g/mol. The first-order chi connectivity index (χ1) is 11.2. The van der Waals surface area contributed by atoms with E-state index in [1.165, 1.54) is 6.26 Å². The van der Waals surface area contributed by atoms with Crippen molar-refractivity contribution >= 4 is 32.8 Å². The molecule has 3 rings (SSSR count). The lowest BCUT2D eigenvalue weighted by Gasteiger charge is -2.46. The van der Waals surface area contributed by atoms with Crippen LogP contribution in [0.4, 0.5) is 5.69 Å². The number of H-pyrrole nitrogens is 1. The normalized spacial score (nSPS) is 19.4. The Labute approximate surface area is 142 Å². The van der Waals surface area contributed by atoms with Crippen molar-refractivity contribution in [2.45, 2.75) is 19.4 Å². The van der Waals surface area contributed by atoms with Crippen LogP contribution in [0.3, 0.4) is 0 Å². The minimum Gasteiger partial charge on any atom is -0.368 e. The summed E-state index contributed by atoms with van der Waals surface area (Å²) in [6.45, 7) is 5.65. The molecule has 1 N–H and O–H groups in total. The molecule has 7 nitrogen and oxygen atoms in total. The molecule has 0 atom stereocenters. The fraction of sp³-hybridized carbons (Fsp3) is 0.500. The molecular weight excluding hydrogens is 326 g/mol. The highest BCUT2D eigenvalue weighted by Crippen LogP contribution is 2.32. The summed E-state index contributed by atoms with van der Waals surface area (Å²) in [7, 11) is -1.48. The van der Waals surface area contributed by atoms with Crippen LogP contribution in [0.5, 0.6) is 0 Å². The summed E-state index contributed by atoms with van der Waals surface area (Å²) in [5, 5.41) is 8.19. The third kappa shape index (κ3) is 3.03. The zero-order valence-electron chi connectivity index (χ0n) is 14.4. The van der Waals surface area contributed by atoms with Gasteiger partial charge in [0.05, 0.1) is 18.0 Å². The van der Waals surface area contributed by atoms with E-state index >= 15 is 0 Å². The molecule has 1 aromatic carbocycles. The summed E-state index contributed by atoms with van der Waals surface area (Å²) in [4.78, 5) is 6.32. The molecule has 0 saturated carbocycles. The second-order valence-corrected chi connectivity index (χ2v) is 8.73. The van der Waals surface area contributed by atoms with E-state index in [1.807, 2.05) is 32.3 Å². The zero-order chi connectivity index (χ0) is 17.5. The molecule has 2 aromatic rings. The van der Waals surface area contributed by atoms with Crippen molar-refractivity contribution in [1.29, 1.82) is 0 Å². The molecule has 0 spiro atoms. The highest BCUT2D eigenvalue weighted by molar-refractivity contribution is 7.88. The van der Waals surface area contributed by atoms with Crippen molar-refractivity contribution in [3.05, 3.63) is 23.9 Å². The van der Waals surface area contributed by atoms with Gasteiger partial charge in [-0.3, -0.25) is 10.1 Å². The van der Waals surface area contributed by atoms with Crippen molar-refractivity contribution in [3.63, 3.8) is 0 Å². The van der Waals surface area contributed by atoms with Crippen LogP contribution in [0.1, 0.15) is 19.4 Å². The van der Waals surface area contributed by atoms with Crippen LogP contribution in [0.25, 0.3) is 10.9 Å². The number of fused-ring (bicyclic) bond motifs is 1. The second kappa shape index (κ2) is 5.86. The van der Waals surface area contributed by atoms with Crippen LogP contribution in [-0.4, -0.2) is 67.6 Å². The summed E-state index contributed by atoms with van der Waals surface area (Å²) in [6, 6.07) is 4.09. The van der Waals surface area contributed by atoms with Crippen molar-refractivity contribution in [2.75, 3.05) is 37.8 Å². The van der Waals surface area contributed by atoms with Gasteiger partial charge in [0.15, 0.2) is 0 Å². The van der Waals surface area contributed by atoms with Crippen LogP contribution in [0.2, 0.25) is 0 Å². The molecule has 1 aromatic heterocycles. The van der Waals surface area contributed by atoms with E-state index in [-0.39, 0.29) is 0 Å². The third-order valence-electron chi connectivity index (χ3n) is 4.40. The van der Waals surface area contributed by atoms with E-state index in [2.05, 4.69) is 26.2 Å². The average molecular weight is 349 g/mol. The number of benzene rings is 1. The molecule has 1 fully saturated rings. The summed E-state index contributed by atoms with van der Waals surface area (Å²) >= 11 is 0. The van der Waals surface area contributed by atoms with Crippen LogP contribution >= 0.6 is 0 Å². The summed E-state index contributed by atoms with van der Waals surface area (Å²) in [5.74, 6) is 0. The number of aromatic nitrogens is 2. The largest absolute Gasteiger partial charge is 0.368 e. The molecule has 24 heavy (non-hydrogen) atoms. The molecule has 8 heteroatoms. The van der Waals surface area contributed by atoms with E-state index in [0.29, 0.717) is 19.6 Å². The van der Waals surface area contributed by atoms with Crippen molar-refractivity contribution in [1.82, 2.24) is 14.5 Å². The number of rotatable bonds is 3. The number of anilines is 1. The number of hydrogen-bond acceptors (Lipinski definition) is 5. The van der Waals surface area contributed by atoms with Gasteiger partial charge in [0.1, 0.15) is 0 Å². The molecule has 0 radical (unpaired) electrons. The van der Waals surface area contributed by atoms with Crippen LogP contribution in [-0.2, 0) is 10.0 Å². The highest BCUT2D eigenvalue weighted by atomic mass is 32.2. The molecule has 1 aliphatic heterocycles. The van der Waals surface area contributed by atoms with Gasteiger partial charge in [-0.2, -0.15) is 9.40 Å². The lowest BCUT2D eigenvalue weighted by Crippen LogP contribution is -2.60. The minimum atomic E-state index is -3.22. The second-order valence-electron chi connectivity index (χ2n) is 6.83. The molecule has 0 unspecified atom stereocenters. The molecule has 130 valence electrons. The predicted molar refractivity (Wildman–Crippen MR) is 97.5 cm³/mol. The Hall–Kier alpha value is -1.93. The van der Waals surface area contributed by atoms with Gasteiger partial charge in [0.2, 0.25) is 10.0 Å². The number of sulfonamides is 1. The van der Waals surface area contributed by atoms with Crippen LogP contribution in [0.15, 0.2) is 23.3 Å². The lowest BCUT2D eigenvalue weighted by molar-refractivity contribution is 0.206. The topological polar surface area (TPSA) is 81.7 Å². The Balaban J connectivity index is 2.01. The Morgan fingerprint density at radius 2 is 2.08 bits per heavy atom. The number of hydrogen-bond donors (Lipinski definition) is 1. The molecule has 0 amide bonds. The molecule has 0 bridgehead atoms. The standard InChI is InChI=1S/C16H23N5O2S/c1-16(2)11-20(5-6-21(16)24(4,22)23)15-8-12(9-17-3)7-14-13(15)10-18-19-14/h7-10H,5-6,11H2,1-4H3,(H,18,19). The quantitative estimate of drug-likeness (QED) is 0.851. The van der Waals surface area contributed by atoms with Gasteiger partial charge in [-0.25, -0.2) is 8.42 Å². The third-order valence-corrected chi connectivity index (χ3v) is 5.88. The fourth-order valence-corrected chi connectivity index (χ4v) is 4.87. The first-order valence-electron chi connectivity index (χ1n) is 7.84. The van der Waals surface area contributed by atoms with Crippen molar-refractivity contribution in [3.8, 4) is 0 Å². The van der Waals surface area contributed by atoms with Gasteiger partial charge in [-0.1, -0.05) is 0 Å². The number of aliphatic imine (C=N–C) groups is 1. The lowest BCUT2D eigenvalue weighted by atomic mass is 10.0. The number of nitrogens with zero attached hydrogens (tertiary/aromatic N) is 4. The zero-order valence-corrected chi connectivity index (χ0v) is 15.3. The summed E-state index contributed by atoms with van der Waals surface area (Å²) < 4.78 is 25.6. The fourth-order valence-electron chi connectivity index (χ4n) is 3.50. The number of piperazine rings is 1. The first kappa shape index (κ1) is 16.9. The van der Waals surface area contributed by atoms with E-state index in [9.17, 15) is 8.42 Å². The highest BCUT2D eigenvalue weighted by Gasteiger charge is 2.39. The molecule has 2 heterocycles. The SMILES string of the molecule is CN=Cc1cc(N2CCN(S(C)(=O)=O)C(C)(C)C2)c2cn[nH]c2c1. The number of aromatic amines is 1. The van der Waals surface area contributed by atoms with Gasteiger partial charge in [0, 0.05) is 49.5 Å². The van der Waals surface area contributed by atoms with Gasteiger partial charge >= 0.3 is 0 Å². The maximum Gasteiger partial charge on any atom is 0.211 e. The average Bonchev–Trinajstić information content (AvgIpc) is 2.92. The van der Waals surface area contributed by atoms with Crippen molar-refractivity contribution < 1.29 is 8.42 Å². The van der Waals surface area contributed by atoms with Gasteiger partial charge in [-0.15, -0.1) is 0 Å². The van der Waals surface area contributed by atoms with Gasteiger partial charge in [0.25, 0.3) is 0 Å². The van der Waals surface area contributed by atoms with Crippen LogP contribution in [0, 0.1) is 0 Å². The van der Waals surface area contributed by atoms with E-state index in [0.717, 1.165) is 22.2 Å². The predicted octanol–water partition coefficient (Wildman–Crippen LogP) is 1.47. The van der Waals surface area contributed by atoms with Crippen LogP contribution < -0.4 is 4.90 Å². The summed E-state index contributed by atoms with van der Waals surface area (Å²) in [6.07, 6.45) is 4.90. The molecule has 1 saturated heterocycles. The Morgan fingerprint density at radius 3 is 2.71 bits per heavy atom. The Morgan fingerprint density at radius 1 is 1.33 bits per heavy atom. The minimum absolute atomic E-state index is 0.470. The van der Waals surface area contributed by atoms with E-state index in [4.69, 9.17) is 0 Å².